The average Bonchev–Trinajstić information content (AvgIpc) is 2.86. The molecule has 2 aromatic rings. The van der Waals surface area contributed by atoms with E-state index in [-0.39, 0.29) is 0 Å². The Morgan fingerprint density at radius 1 is 1.24 bits per heavy atom. The summed E-state index contributed by atoms with van der Waals surface area (Å²) in [6.07, 6.45) is 2.43. The third kappa shape index (κ3) is 2.64. The first kappa shape index (κ1) is 12.1. The quantitative estimate of drug-likeness (QED) is 0.738. The fraction of sp³-hybridized carbons (Fsp3) is 0.556. The molecule has 0 saturated heterocycles. The van der Waals surface area contributed by atoms with Crippen LogP contribution >= 0.6 is 11.8 Å². The van der Waals surface area contributed by atoms with Crippen molar-refractivity contribution in [3.8, 4) is 0 Å². The summed E-state index contributed by atoms with van der Waals surface area (Å²) >= 11 is 1.59. The van der Waals surface area contributed by atoms with Gasteiger partial charge in [0.2, 0.25) is 0 Å². The summed E-state index contributed by atoms with van der Waals surface area (Å²) in [5.41, 5.74) is 5.50. The SMILES string of the molecule is Cn1cnnc1CSc1nnc(CCN)n1C. The molecular weight excluding hydrogens is 238 g/mol. The van der Waals surface area contributed by atoms with Gasteiger partial charge in [0, 0.05) is 20.5 Å². The maximum Gasteiger partial charge on any atom is 0.191 e. The topological polar surface area (TPSA) is 87.4 Å². The molecule has 2 N–H and O–H groups in total. The van der Waals surface area contributed by atoms with Crippen LogP contribution in [0.5, 0.6) is 0 Å². The van der Waals surface area contributed by atoms with E-state index in [0.29, 0.717) is 6.54 Å². The van der Waals surface area contributed by atoms with E-state index in [4.69, 9.17) is 5.73 Å². The molecule has 0 spiro atoms. The highest BCUT2D eigenvalue weighted by molar-refractivity contribution is 7.98. The Hall–Kier alpha value is -1.41. The van der Waals surface area contributed by atoms with E-state index in [2.05, 4.69) is 20.4 Å². The lowest BCUT2D eigenvalue weighted by molar-refractivity contribution is 0.726. The van der Waals surface area contributed by atoms with Crippen molar-refractivity contribution in [3.05, 3.63) is 18.0 Å². The van der Waals surface area contributed by atoms with Gasteiger partial charge in [0.1, 0.15) is 18.0 Å². The first-order valence-corrected chi connectivity index (χ1v) is 6.25. The highest BCUT2D eigenvalue weighted by atomic mass is 32.2. The van der Waals surface area contributed by atoms with Crippen molar-refractivity contribution in [2.24, 2.45) is 19.8 Å². The number of aryl methyl sites for hydroxylation is 1. The molecule has 0 aliphatic carbocycles. The van der Waals surface area contributed by atoms with Gasteiger partial charge in [-0.15, -0.1) is 20.4 Å². The third-order valence-electron chi connectivity index (χ3n) is 2.43. The molecule has 0 aliphatic heterocycles. The average molecular weight is 253 g/mol. The molecule has 2 rings (SSSR count). The fourth-order valence-electron chi connectivity index (χ4n) is 1.38. The minimum atomic E-state index is 0.583. The Balaban J connectivity index is 2.02. The first-order chi connectivity index (χ1) is 8.22. The van der Waals surface area contributed by atoms with Crippen LogP contribution in [0.3, 0.4) is 0 Å². The van der Waals surface area contributed by atoms with Gasteiger partial charge in [0.15, 0.2) is 5.16 Å². The molecule has 0 bridgehead atoms. The van der Waals surface area contributed by atoms with Crippen molar-refractivity contribution in [3.63, 3.8) is 0 Å². The van der Waals surface area contributed by atoms with Crippen molar-refractivity contribution in [1.29, 1.82) is 0 Å². The predicted molar refractivity (Wildman–Crippen MR) is 64.3 cm³/mol. The van der Waals surface area contributed by atoms with Gasteiger partial charge in [-0.05, 0) is 6.54 Å². The molecular formula is C9H15N7S. The van der Waals surface area contributed by atoms with Crippen LogP contribution < -0.4 is 5.73 Å². The molecule has 7 nitrogen and oxygen atoms in total. The Morgan fingerprint density at radius 2 is 2.06 bits per heavy atom. The van der Waals surface area contributed by atoms with Crippen LogP contribution in [0.1, 0.15) is 11.6 Å². The van der Waals surface area contributed by atoms with Gasteiger partial charge < -0.3 is 14.9 Å². The zero-order valence-electron chi connectivity index (χ0n) is 9.87. The Kier molecular flexibility index (Phi) is 3.75. The third-order valence-corrected chi connectivity index (χ3v) is 3.44. The van der Waals surface area contributed by atoms with E-state index in [1.807, 2.05) is 23.2 Å². The zero-order chi connectivity index (χ0) is 12.3. The molecule has 2 heterocycles. The summed E-state index contributed by atoms with van der Waals surface area (Å²) in [6, 6.07) is 0. The molecule has 2 aromatic heterocycles. The Morgan fingerprint density at radius 3 is 2.71 bits per heavy atom. The highest BCUT2D eigenvalue weighted by Gasteiger charge is 2.10. The molecule has 0 atom stereocenters. The van der Waals surface area contributed by atoms with E-state index in [0.717, 1.165) is 29.0 Å². The van der Waals surface area contributed by atoms with Gasteiger partial charge in [-0.3, -0.25) is 0 Å². The van der Waals surface area contributed by atoms with Gasteiger partial charge >= 0.3 is 0 Å². The molecule has 0 fully saturated rings. The van der Waals surface area contributed by atoms with Gasteiger partial charge in [-0.1, -0.05) is 11.8 Å². The van der Waals surface area contributed by atoms with Crippen LogP contribution in [-0.4, -0.2) is 36.1 Å². The molecule has 0 unspecified atom stereocenters. The first-order valence-electron chi connectivity index (χ1n) is 5.26. The fourth-order valence-corrected chi connectivity index (χ4v) is 2.30. The summed E-state index contributed by atoms with van der Waals surface area (Å²) in [7, 11) is 3.87. The lowest BCUT2D eigenvalue weighted by Crippen LogP contribution is -2.08. The van der Waals surface area contributed by atoms with Crippen LogP contribution in [-0.2, 0) is 26.3 Å². The molecule has 8 heteroatoms. The van der Waals surface area contributed by atoms with E-state index in [9.17, 15) is 0 Å². The van der Waals surface area contributed by atoms with Crippen LogP contribution in [0.15, 0.2) is 11.5 Å². The van der Waals surface area contributed by atoms with E-state index in [1.54, 1.807) is 18.1 Å². The molecule has 92 valence electrons. The largest absolute Gasteiger partial charge is 0.330 e. The van der Waals surface area contributed by atoms with E-state index >= 15 is 0 Å². The number of aromatic nitrogens is 6. The number of nitrogens with two attached hydrogens (primary N) is 1. The van der Waals surface area contributed by atoms with Crippen LogP contribution in [0.25, 0.3) is 0 Å². The van der Waals surface area contributed by atoms with Gasteiger partial charge in [-0.2, -0.15) is 0 Å². The van der Waals surface area contributed by atoms with Crippen LogP contribution in [0, 0.1) is 0 Å². The Bertz CT molecular complexity index is 489. The predicted octanol–water partition coefficient (Wildman–Crippen LogP) is -0.263. The van der Waals surface area contributed by atoms with Crippen LogP contribution in [0.4, 0.5) is 0 Å². The molecule has 0 saturated carbocycles. The standard InChI is InChI=1S/C9H15N7S/c1-15-6-11-12-8(15)5-17-9-14-13-7(3-4-10)16(9)2/h6H,3-5,10H2,1-2H3. The van der Waals surface area contributed by atoms with Crippen molar-refractivity contribution in [1.82, 2.24) is 29.5 Å². The summed E-state index contributed by atoms with van der Waals surface area (Å²) < 4.78 is 3.86. The van der Waals surface area contributed by atoms with Crippen molar-refractivity contribution in [2.75, 3.05) is 6.54 Å². The van der Waals surface area contributed by atoms with E-state index in [1.165, 1.54) is 0 Å². The minimum Gasteiger partial charge on any atom is -0.330 e. The smallest absolute Gasteiger partial charge is 0.191 e. The monoisotopic (exact) mass is 253 g/mol. The summed E-state index contributed by atoms with van der Waals surface area (Å²) in [6.45, 7) is 0.583. The molecule has 0 amide bonds. The number of hydrogen-bond donors (Lipinski definition) is 1. The van der Waals surface area contributed by atoms with Crippen molar-refractivity contribution >= 4 is 11.8 Å². The lowest BCUT2D eigenvalue weighted by atomic mass is 10.4. The number of nitrogens with zero attached hydrogens (tertiary/aromatic N) is 6. The van der Waals surface area contributed by atoms with E-state index < -0.39 is 0 Å². The van der Waals surface area contributed by atoms with Crippen molar-refractivity contribution < 1.29 is 0 Å². The van der Waals surface area contributed by atoms with Crippen LogP contribution in [0.2, 0.25) is 0 Å². The normalized spacial score (nSPS) is 11.0. The maximum absolute atomic E-state index is 5.50. The zero-order valence-corrected chi connectivity index (χ0v) is 10.7. The molecule has 0 radical (unpaired) electrons. The molecule has 0 aliphatic rings. The minimum absolute atomic E-state index is 0.583. The number of thioether (sulfide) groups is 1. The van der Waals surface area contributed by atoms with Gasteiger partial charge in [-0.25, -0.2) is 0 Å². The Labute approximate surface area is 103 Å². The molecule has 0 aromatic carbocycles. The number of hydrogen-bond acceptors (Lipinski definition) is 6. The second-order valence-electron chi connectivity index (χ2n) is 3.64. The lowest BCUT2D eigenvalue weighted by Gasteiger charge is -2.02. The summed E-state index contributed by atoms with van der Waals surface area (Å²) in [5, 5.41) is 16.9. The number of rotatable bonds is 5. The van der Waals surface area contributed by atoms with Gasteiger partial charge in [0.05, 0.1) is 5.75 Å². The second kappa shape index (κ2) is 5.28. The van der Waals surface area contributed by atoms with Crippen molar-refractivity contribution in [2.45, 2.75) is 17.3 Å². The molecule has 17 heavy (non-hydrogen) atoms. The second-order valence-corrected chi connectivity index (χ2v) is 4.59. The summed E-state index contributed by atoms with van der Waals surface area (Å²) in [4.78, 5) is 0. The summed E-state index contributed by atoms with van der Waals surface area (Å²) in [5.74, 6) is 2.55. The van der Waals surface area contributed by atoms with Gasteiger partial charge in [0.25, 0.3) is 0 Å². The maximum atomic E-state index is 5.50. The highest BCUT2D eigenvalue weighted by Crippen LogP contribution is 2.19.